The van der Waals surface area contributed by atoms with Gasteiger partial charge in [0.1, 0.15) is 5.82 Å². The number of halogens is 2. The summed E-state index contributed by atoms with van der Waals surface area (Å²) in [5.74, 6) is -0.326. The summed E-state index contributed by atoms with van der Waals surface area (Å²) in [6.07, 6.45) is 0.211. The molecule has 0 amide bonds. The van der Waals surface area contributed by atoms with Crippen molar-refractivity contribution < 1.29 is 13.0 Å². The van der Waals surface area contributed by atoms with E-state index in [9.17, 15) is 13.0 Å². The van der Waals surface area contributed by atoms with Crippen LogP contribution in [-0.2, 0) is 10.8 Å². The Bertz CT molecular complexity index is 323. The van der Waals surface area contributed by atoms with Crippen LogP contribution < -0.4 is 5.73 Å². The molecular formula is C9H11F2NOS. The molecule has 0 bridgehead atoms. The maximum absolute atomic E-state index is 12.8. The van der Waals surface area contributed by atoms with Gasteiger partial charge in [-0.2, -0.15) is 0 Å². The van der Waals surface area contributed by atoms with E-state index >= 15 is 0 Å². The van der Waals surface area contributed by atoms with Gasteiger partial charge < -0.3 is 5.73 Å². The number of rotatable bonds is 4. The van der Waals surface area contributed by atoms with Crippen LogP contribution in [0.25, 0.3) is 0 Å². The van der Waals surface area contributed by atoms with Gasteiger partial charge in [-0.1, -0.05) is 0 Å². The van der Waals surface area contributed by atoms with Gasteiger partial charge in [0, 0.05) is 16.3 Å². The van der Waals surface area contributed by atoms with Gasteiger partial charge in [0.15, 0.2) is 0 Å². The molecule has 0 aliphatic heterocycles. The summed E-state index contributed by atoms with van der Waals surface area (Å²) in [7, 11) is -1.36. The highest BCUT2D eigenvalue weighted by Crippen LogP contribution is 2.14. The molecule has 0 aliphatic carbocycles. The Morgan fingerprint density at radius 2 is 2.07 bits per heavy atom. The zero-order chi connectivity index (χ0) is 10.6. The summed E-state index contributed by atoms with van der Waals surface area (Å²) in [4.78, 5) is 0.316. The Hall–Kier alpha value is -0.970. The fraction of sp³-hybridized carbons (Fsp3) is 0.333. The van der Waals surface area contributed by atoms with Gasteiger partial charge in [-0.15, -0.1) is 0 Å². The molecule has 0 saturated carbocycles. The van der Waals surface area contributed by atoms with E-state index in [4.69, 9.17) is 5.73 Å². The van der Waals surface area contributed by atoms with Crippen molar-refractivity contribution in [3.63, 3.8) is 0 Å². The molecule has 5 heteroatoms. The Morgan fingerprint density at radius 3 is 2.64 bits per heavy atom. The summed E-state index contributed by atoms with van der Waals surface area (Å²) in [6, 6.07) is 3.75. The third-order valence-corrected chi connectivity index (χ3v) is 3.04. The van der Waals surface area contributed by atoms with Crippen LogP contribution in [0.3, 0.4) is 0 Å². The predicted molar refractivity (Wildman–Crippen MR) is 52.7 cm³/mol. The fourth-order valence-corrected chi connectivity index (χ4v) is 2.14. The topological polar surface area (TPSA) is 43.1 Å². The molecule has 0 spiro atoms. The minimum Gasteiger partial charge on any atom is -0.399 e. The second-order valence-electron chi connectivity index (χ2n) is 2.81. The minimum atomic E-state index is -1.36. The second kappa shape index (κ2) is 5.05. The van der Waals surface area contributed by atoms with Crippen LogP contribution >= 0.6 is 0 Å². The maximum atomic E-state index is 12.8. The minimum absolute atomic E-state index is 0.194. The predicted octanol–water partition coefficient (Wildman–Crippen LogP) is 1.88. The van der Waals surface area contributed by atoms with E-state index in [1.165, 1.54) is 6.07 Å². The smallest absolute Gasteiger partial charge is 0.126 e. The number of benzene rings is 1. The van der Waals surface area contributed by atoms with E-state index in [-0.39, 0.29) is 17.9 Å². The molecule has 0 radical (unpaired) electrons. The first kappa shape index (κ1) is 11.1. The van der Waals surface area contributed by atoms with Crippen LogP contribution in [0.1, 0.15) is 6.42 Å². The number of anilines is 1. The summed E-state index contributed by atoms with van der Waals surface area (Å²) in [5.41, 5.74) is 5.61. The fourth-order valence-electron chi connectivity index (χ4n) is 1.02. The van der Waals surface area contributed by atoms with Crippen molar-refractivity contribution in [2.75, 3.05) is 18.2 Å². The van der Waals surface area contributed by atoms with Crippen molar-refractivity contribution in [2.24, 2.45) is 0 Å². The molecule has 2 nitrogen and oxygen atoms in total. The Morgan fingerprint density at radius 1 is 1.36 bits per heavy atom. The molecule has 1 unspecified atom stereocenters. The Balaban J connectivity index is 2.79. The van der Waals surface area contributed by atoms with E-state index in [2.05, 4.69) is 0 Å². The quantitative estimate of drug-likeness (QED) is 0.786. The highest BCUT2D eigenvalue weighted by molar-refractivity contribution is 7.85. The first-order valence-electron chi connectivity index (χ1n) is 4.14. The third kappa shape index (κ3) is 3.06. The van der Waals surface area contributed by atoms with Crippen molar-refractivity contribution in [2.45, 2.75) is 11.3 Å². The van der Waals surface area contributed by atoms with E-state index < -0.39 is 23.3 Å². The standard InChI is InChI=1S/C9H11F2NOS/c10-2-1-3-14(13)9-5-7(11)4-8(12)6-9/h4-6H,1-3,12H2. The average Bonchev–Trinajstić information content (AvgIpc) is 2.12. The first-order chi connectivity index (χ1) is 6.63. The lowest BCUT2D eigenvalue weighted by molar-refractivity contribution is 0.488. The van der Waals surface area contributed by atoms with Gasteiger partial charge in [-0.05, 0) is 24.6 Å². The van der Waals surface area contributed by atoms with E-state index in [1.807, 2.05) is 0 Å². The molecule has 78 valence electrons. The van der Waals surface area contributed by atoms with Gasteiger partial charge in [-0.25, -0.2) is 4.39 Å². The third-order valence-electron chi connectivity index (χ3n) is 1.62. The first-order valence-corrected chi connectivity index (χ1v) is 5.46. The molecule has 0 saturated heterocycles. The van der Waals surface area contributed by atoms with Crippen LogP contribution in [0, 0.1) is 5.82 Å². The summed E-state index contributed by atoms with van der Waals surface area (Å²) >= 11 is 0. The lowest BCUT2D eigenvalue weighted by Gasteiger charge is -2.02. The van der Waals surface area contributed by atoms with Gasteiger partial charge in [0.25, 0.3) is 0 Å². The largest absolute Gasteiger partial charge is 0.399 e. The second-order valence-corrected chi connectivity index (χ2v) is 4.38. The molecule has 0 aliphatic rings. The molecule has 0 aromatic heterocycles. The Kier molecular flexibility index (Phi) is 4.00. The molecule has 1 atom stereocenters. The molecular weight excluding hydrogens is 208 g/mol. The van der Waals surface area contributed by atoms with Gasteiger partial charge in [0.05, 0.1) is 17.5 Å². The van der Waals surface area contributed by atoms with E-state index in [0.717, 1.165) is 12.1 Å². The summed E-state index contributed by atoms with van der Waals surface area (Å²) in [6.45, 7) is -0.517. The maximum Gasteiger partial charge on any atom is 0.126 e. The van der Waals surface area contributed by atoms with Crippen molar-refractivity contribution in [1.82, 2.24) is 0 Å². The number of hydrogen-bond donors (Lipinski definition) is 1. The van der Waals surface area contributed by atoms with Crippen molar-refractivity contribution in [3.8, 4) is 0 Å². The lowest BCUT2D eigenvalue weighted by Crippen LogP contribution is -2.00. The molecule has 1 aromatic rings. The zero-order valence-electron chi connectivity index (χ0n) is 7.50. The summed E-state index contributed by atoms with van der Waals surface area (Å²) in [5, 5.41) is 0. The molecule has 1 aromatic carbocycles. The normalized spacial score (nSPS) is 12.7. The van der Waals surface area contributed by atoms with Gasteiger partial charge in [0.2, 0.25) is 0 Å². The monoisotopic (exact) mass is 219 g/mol. The van der Waals surface area contributed by atoms with E-state index in [0.29, 0.717) is 4.90 Å². The number of nitrogen functional groups attached to an aromatic ring is 1. The van der Waals surface area contributed by atoms with E-state index in [1.54, 1.807) is 0 Å². The lowest BCUT2D eigenvalue weighted by atomic mass is 10.3. The van der Waals surface area contributed by atoms with Crippen molar-refractivity contribution >= 4 is 16.5 Å². The molecule has 0 fully saturated rings. The zero-order valence-corrected chi connectivity index (χ0v) is 8.32. The average molecular weight is 219 g/mol. The summed E-state index contributed by atoms with van der Waals surface area (Å²) < 4.78 is 36.0. The number of alkyl halides is 1. The van der Waals surface area contributed by atoms with Crippen molar-refractivity contribution in [3.05, 3.63) is 24.0 Å². The molecule has 0 heterocycles. The van der Waals surface area contributed by atoms with Crippen LogP contribution in [-0.4, -0.2) is 16.6 Å². The molecule has 14 heavy (non-hydrogen) atoms. The highest BCUT2D eigenvalue weighted by Gasteiger charge is 2.06. The molecule has 2 N–H and O–H groups in total. The van der Waals surface area contributed by atoms with Crippen LogP contribution in [0.4, 0.5) is 14.5 Å². The highest BCUT2D eigenvalue weighted by atomic mass is 32.2. The van der Waals surface area contributed by atoms with Crippen LogP contribution in [0.5, 0.6) is 0 Å². The number of nitrogens with two attached hydrogens (primary N) is 1. The van der Waals surface area contributed by atoms with Gasteiger partial charge >= 0.3 is 0 Å². The van der Waals surface area contributed by atoms with Crippen molar-refractivity contribution in [1.29, 1.82) is 0 Å². The van der Waals surface area contributed by atoms with Crippen LogP contribution in [0.2, 0.25) is 0 Å². The Labute approximate surface area is 83.6 Å². The SMILES string of the molecule is Nc1cc(F)cc(S(=O)CCCF)c1. The number of hydrogen-bond acceptors (Lipinski definition) is 2. The van der Waals surface area contributed by atoms with Gasteiger partial charge in [-0.3, -0.25) is 8.60 Å². The molecule has 1 rings (SSSR count). The van der Waals surface area contributed by atoms with Crippen LogP contribution in [0.15, 0.2) is 23.1 Å².